The average Bonchev–Trinajstić information content (AvgIpc) is 3.49. The van der Waals surface area contributed by atoms with Crippen LogP contribution >= 0.6 is 23.2 Å². The average molecular weight is 613 g/mol. The third-order valence-electron chi connectivity index (χ3n) is 7.12. The quantitative estimate of drug-likeness (QED) is 0.117. The number of aromatic amines is 1. The molecule has 0 radical (unpaired) electrons. The predicted octanol–water partition coefficient (Wildman–Crippen LogP) is 6.10. The van der Waals surface area contributed by atoms with E-state index in [1.54, 1.807) is 25.2 Å². The van der Waals surface area contributed by atoms with Crippen molar-refractivity contribution in [2.24, 2.45) is 16.6 Å². The molecule has 0 bridgehead atoms. The largest absolute Gasteiger partial charge is 0.388 e. The number of allylic oxidation sites excluding steroid dienone is 1. The summed E-state index contributed by atoms with van der Waals surface area (Å²) < 4.78 is 15.2. The molecule has 1 aromatic heterocycles. The lowest BCUT2D eigenvalue weighted by molar-refractivity contribution is -0.107. The normalized spacial score (nSPS) is 18.4. The van der Waals surface area contributed by atoms with Crippen LogP contribution in [0.15, 0.2) is 58.8 Å². The number of amidine groups is 1. The zero-order valence-corrected chi connectivity index (χ0v) is 24.9. The Morgan fingerprint density at radius 2 is 2.02 bits per heavy atom. The molecule has 12 heteroatoms. The van der Waals surface area contributed by atoms with Crippen LogP contribution in [-0.4, -0.2) is 47.4 Å². The van der Waals surface area contributed by atoms with E-state index in [0.29, 0.717) is 64.7 Å². The molecule has 2 heterocycles. The Kier molecular flexibility index (Phi) is 10.0. The first-order chi connectivity index (χ1) is 20.2. The van der Waals surface area contributed by atoms with Crippen molar-refractivity contribution >= 4 is 58.7 Å². The number of aliphatic imine (C=N–C) groups is 1. The monoisotopic (exact) mass is 611 g/mol. The molecule has 3 aromatic rings. The topological polar surface area (TPSA) is 128 Å². The summed E-state index contributed by atoms with van der Waals surface area (Å²) in [4.78, 5) is 36.8. The fourth-order valence-electron chi connectivity index (χ4n) is 5.10. The van der Waals surface area contributed by atoms with Crippen molar-refractivity contribution in [1.82, 2.24) is 14.9 Å². The highest BCUT2D eigenvalue weighted by atomic mass is 35.5. The molecule has 0 aliphatic carbocycles. The predicted molar refractivity (Wildman–Crippen MR) is 167 cm³/mol. The van der Waals surface area contributed by atoms with Crippen LogP contribution in [0.4, 0.5) is 15.8 Å². The van der Waals surface area contributed by atoms with E-state index in [1.807, 2.05) is 37.1 Å². The van der Waals surface area contributed by atoms with Gasteiger partial charge in [0.15, 0.2) is 0 Å². The third kappa shape index (κ3) is 6.83. The zero-order chi connectivity index (χ0) is 30.4. The van der Waals surface area contributed by atoms with Gasteiger partial charge in [-0.3, -0.25) is 4.79 Å². The minimum absolute atomic E-state index is 0.0366. The number of aromatic nitrogens is 2. The van der Waals surface area contributed by atoms with Gasteiger partial charge in [-0.05, 0) is 48.7 Å². The first-order valence-electron chi connectivity index (χ1n) is 13.3. The zero-order valence-electron chi connectivity index (χ0n) is 23.4. The first-order valence-corrected chi connectivity index (χ1v) is 14.1. The highest BCUT2D eigenvalue weighted by molar-refractivity contribution is 6.31. The Balaban J connectivity index is 1.67. The van der Waals surface area contributed by atoms with Gasteiger partial charge in [0.25, 0.3) is 0 Å². The highest BCUT2D eigenvalue weighted by Crippen LogP contribution is 2.38. The first kappa shape index (κ1) is 30.8. The molecule has 1 saturated heterocycles. The van der Waals surface area contributed by atoms with Crippen molar-refractivity contribution in [1.29, 1.82) is 0 Å². The Morgan fingerprint density at radius 1 is 1.26 bits per heavy atom. The van der Waals surface area contributed by atoms with Gasteiger partial charge in [-0.15, -0.1) is 0 Å². The second-order valence-electron chi connectivity index (χ2n) is 9.90. The summed E-state index contributed by atoms with van der Waals surface area (Å²) in [6.07, 6.45) is 5.81. The number of anilines is 2. The van der Waals surface area contributed by atoms with E-state index < -0.39 is 5.95 Å². The van der Waals surface area contributed by atoms with E-state index in [9.17, 15) is 9.59 Å². The van der Waals surface area contributed by atoms with Crippen LogP contribution in [0.1, 0.15) is 42.8 Å². The van der Waals surface area contributed by atoms with E-state index in [4.69, 9.17) is 33.9 Å². The summed E-state index contributed by atoms with van der Waals surface area (Å²) >= 11 is 12.1. The second-order valence-corrected chi connectivity index (χ2v) is 10.8. The van der Waals surface area contributed by atoms with E-state index in [-0.39, 0.29) is 22.8 Å². The number of carbonyl (C=O) groups excluding carboxylic acids is 2. The van der Waals surface area contributed by atoms with Gasteiger partial charge >= 0.3 is 0 Å². The second kappa shape index (κ2) is 13.7. The molecular formula is C30H32Cl2FN7O2. The Morgan fingerprint density at radius 3 is 2.71 bits per heavy atom. The summed E-state index contributed by atoms with van der Waals surface area (Å²) in [5, 5.41) is 6.63. The SMILES string of the molecule is CNc1ccc(-c2[nH]c(C3C[C@@H](C)/C(=N/C(=C\C=O)c4cc(Cl)ccc4N/C=C(\N)Cl)N3C)nc2F)cc1CCC=O. The maximum Gasteiger partial charge on any atom is 0.238 e. The molecule has 9 nitrogen and oxygen atoms in total. The Bertz CT molecular complexity index is 1560. The third-order valence-corrected chi connectivity index (χ3v) is 7.46. The Labute approximate surface area is 253 Å². The number of imidazole rings is 1. The summed E-state index contributed by atoms with van der Waals surface area (Å²) in [6, 6.07) is 10.4. The molecule has 42 heavy (non-hydrogen) atoms. The van der Waals surface area contributed by atoms with Crippen molar-refractivity contribution in [3.8, 4) is 11.3 Å². The van der Waals surface area contributed by atoms with Crippen LogP contribution in [0.5, 0.6) is 0 Å². The highest BCUT2D eigenvalue weighted by Gasteiger charge is 2.36. The van der Waals surface area contributed by atoms with Gasteiger partial charge in [0.05, 0.1) is 11.7 Å². The number of aldehydes is 2. The van der Waals surface area contributed by atoms with Crippen LogP contribution in [0.3, 0.4) is 0 Å². The number of rotatable bonds is 11. The summed E-state index contributed by atoms with van der Waals surface area (Å²) in [5.74, 6) is 0.505. The van der Waals surface area contributed by atoms with Gasteiger partial charge in [0.1, 0.15) is 35.1 Å². The van der Waals surface area contributed by atoms with Crippen LogP contribution in [0.2, 0.25) is 5.02 Å². The fourth-order valence-corrected chi connectivity index (χ4v) is 5.33. The molecule has 5 N–H and O–H groups in total. The summed E-state index contributed by atoms with van der Waals surface area (Å²) in [7, 11) is 3.66. The molecule has 1 fully saturated rings. The molecule has 1 unspecified atom stereocenters. The molecule has 220 valence electrons. The van der Waals surface area contributed by atoms with Gasteiger partial charge < -0.3 is 31.0 Å². The molecule has 2 atom stereocenters. The van der Waals surface area contributed by atoms with E-state index in [1.165, 1.54) is 12.3 Å². The maximum absolute atomic E-state index is 15.2. The van der Waals surface area contributed by atoms with Crippen LogP contribution < -0.4 is 16.4 Å². The summed E-state index contributed by atoms with van der Waals surface area (Å²) in [6.45, 7) is 2.01. The number of nitrogens with zero attached hydrogens (tertiary/aromatic N) is 3. The number of aryl methyl sites for hydroxylation is 1. The van der Waals surface area contributed by atoms with E-state index in [2.05, 4.69) is 20.6 Å². The smallest absolute Gasteiger partial charge is 0.238 e. The lowest BCUT2D eigenvalue weighted by Crippen LogP contribution is -2.25. The standard InChI is InChI=1S/C30H32Cl2FN7O2/c1-17-13-25(29-38-27(28(33)39-29)19-6-8-22(35-2)18(14-19)5-4-11-41)40(3)30(17)37-24(10-12-42)21-15-20(31)7-9-23(21)36-16-26(32)34/h6-12,14-17,25,35-36H,4-5,13,34H2,1-3H3,(H,38,39)/b24-10-,26-16-,37-30-/t17-,25?/m1/s1. The molecule has 1 aliphatic rings. The number of nitrogens with two attached hydrogens (primary N) is 1. The number of halogens is 3. The van der Waals surface area contributed by atoms with Gasteiger partial charge in [0, 0.05) is 66.2 Å². The molecule has 0 spiro atoms. The molecule has 0 amide bonds. The van der Waals surface area contributed by atoms with Crippen molar-refractivity contribution in [3.05, 3.63) is 81.8 Å². The van der Waals surface area contributed by atoms with Crippen LogP contribution in [0.25, 0.3) is 17.0 Å². The number of carbonyl (C=O) groups is 2. The number of hydrogen-bond donors (Lipinski definition) is 4. The van der Waals surface area contributed by atoms with Crippen molar-refractivity contribution < 1.29 is 14.0 Å². The molecule has 4 rings (SSSR count). The van der Waals surface area contributed by atoms with E-state index in [0.717, 1.165) is 17.5 Å². The number of hydrogen-bond acceptors (Lipinski definition) is 7. The Hall–Kier alpha value is -4.15. The maximum atomic E-state index is 15.2. The number of likely N-dealkylation sites (tertiary alicyclic amines) is 1. The molecule has 2 aromatic carbocycles. The van der Waals surface area contributed by atoms with Gasteiger partial charge in [-0.25, -0.2) is 9.98 Å². The minimum Gasteiger partial charge on any atom is -0.388 e. The number of benzene rings is 2. The lowest BCUT2D eigenvalue weighted by atomic mass is 10.0. The number of H-pyrrole nitrogens is 1. The fraction of sp³-hybridized carbons (Fsp3) is 0.267. The van der Waals surface area contributed by atoms with Crippen molar-refractivity contribution in [2.45, 2.75) is 32.2 Å². The van der Waals surface area contributed by atoms with Crippen LogP contribution in [-0.2, 0) is 16.0 Å². The van der Waals surface area contributed by atoms with Gasteiger partial charge in [0.2, 0.25) is 5.95 Å². The molecular weight excluding hydrogens is 580 g/mol. The van der Waals surface area contributed by atoms with E-state index >= 15 is 4.39 Å². The van der Waals surface area contributed by atoms with Crippen molar-refractivity contribution in [2.75, 3.05) is 24.7 Å². The van der Waals surface area contributed by atoms with Gasteiger partial charge in [-0.2, -0.15) is 4.39 Å². The minimum atomic E-state index is -0.613. The molecule has 1 aliphatic heterocycles. The lowest BCUT2D eigenvalue weighted by Gasteiger charge is -2.21. The number of nitrogens with one attached hydrogen (secondary N) is 3. The molecule has 0 saturated carbocycles. The summed E-state index contributed by atoms with van der Waals surface area (Å²) in [5.41, 5.74) is 9.81. The van der Waals surface area contributed by atoms with Gasteiger partial charge in [-0.1, -0.05) is 36.2 Å². The van der Waals surface area contributed by atoms with Crippen LogP contribution in [0, 0.1) is 11.9 Å². The van der Waals surface area contributed by atoms with Crippen molar-refractivity contribution in [3.63, 3.8) is 0 Å².